The normalized spacial score (nSPS) is 22.6. The smallest absolute Gasteiger partial charge is 0.186 e. The van der Waals surface area contributed by atoms with Gasteiger partial charge in [0.05, 0.1) is 11.0 Å². The Labute approximate surface area is 250 Å². The standard InChI is InChI=1S/C31H37N9OS/c1-19(2)38-12-6-13-40(20(3)17-38)25-15-24(39-14-11-34-18-39)35-30(36-25)27-21-7-4-9-31(28(21)41-37-27)10-5-8-23-26(31)22(16-32)29(33)42-23/h11,14-15,18-20H,4-10,12-13,17,33H2,1-3H3/t20-,31-/m0/s1. The van der Waals surface area contributed by atoms with Gasteiger partial charge >= 0.3 is 0 Å². The van der Waals surface area contributed by atoms with E-state index in [4.69, 9.17) is 20.2 Å². The maximum absolute atomic E-state index is 10.1. The molecular formula is C31H37N9OS. The van der Waals surface area contributed by atoms with Crippen molar-refractivity contribution in [1.82, 2.24) is 29.6 Å². The minimum Gasteiger partial charge on any atom is -0.389 e. The Morgan fingerprint density at radius 1 is 1.14 bits per heavy atom. The highest BCUT2D eigenvalue weighted by molar-refractivity contribution is 7.16. The molecule has 7 rings (SSSR count). The van der Waals surface area contributed by atoms with Crippen molar-refractivity contribution in [2.75, 3.05) is 30.3 Å². The van der Waals surface area contributed by atoms with E-state index < -0.39 is 0 Å². The molecule has 10 nitrogen and oxygen atoms in total. The summed E-state index contributed by atoms with van der Waals surface area (Å²) in [5, 5.41) is 15.3. The van der Waals surface area contributed by atoms with Crippen molar-refractivity contribution in [3.8, 4) is 23.4 Å². The van der Waals surface area contributed by atoms with Crippen LogP contribution in [0.4, 0.5) is 10.8 Å². The van der Waals surface area contributed by atoms with E-state index in [1.165, 1.54) is 4.88 Å². The zero-order valence-corrected chi connectivity index (χ0v) is 25.3. The molecule has 4 aromatic rings. The quantitative estimate of drug-likeness (QED) is 0.349. The predicted octanol–water partition coefficient (Wildman–Crippen LogP) is 5.10. The zero-order valence-electron chi connectivity index (χ0n) is 24.5. The fraction of sp³-hybridized carbons (Fsp3) is 0.516. The minimum absolute atomic E-state index is 0.289. The second kappa shape index (κ2) is 10.5. The number of aryl methyl sites for hydroxylation is 1. The van der Waals surface area contributed by atoms with Gasteiger partial charge < -0.3 is 15.2 Å². The molecule has 2 N–H and O–H groups in total. The molecule has 218 valence electrons. The number of nitrogens with two attached hydrogens (primary N) is 1. The van der Waals surface area contributed by atoms with Crippen LogP contribution in [0, 0.1) is 11.3 Å². The van der Waals surface area contributed by atoms with E-state index in [1.54, 1.807) is 23.9 Å². The van der Waals surface area contributed by atoms with Crippen molar-refractivity contribution in [2.45, 2.75) is 83.2 Å². The summed E-state index contributed by atoms with van der Waals surface area (Å²) in [5.74, 6) is 3.08. The number of aromatic nitrogens is 5. The molecule has 4 aromatic heterocycles. The van der Waals surface area contributed by atoms with Gasteiger partial charge in [-0.2, -0.15) is 5.26 Å². The van der Waals surface area contributed by atoms with Crippen LogP contribution < -0.4 is 10.6 Å². The van der Waals surface area contributed by atoms with Gasteiger partial charge in [-0.25, -0.2) is 15.0 Å². The van der Waals surface area contributed by atoms with Gasteiger partial charge in [-0.05, 0) is 71.3 Å². The maximum atomic E-state index is 10.1. The molecule has 0 unspecified atom stereocenters. The number of imidazole rings is 1. The van der Waals surface area contributed by atoms with Gasteiger partial charge in [-0.3, -0.25) is 9.47 Å². The van der Waals surface area contributed by atoms with Crippen LogP contribution in [-0.2, 0) is 18.3 Å². The minimum atomic E-state index is -0.379. The van der Waals surface area contributed by atoms with Crippen molar-refractivity contribution in [3.05, 3.63) is 52.1 Å². The van der Waals surface area contributed by atoms with Crippen molar-refractivity contribution in [2.24, 2.45) is 0 Å². The molecule has 1 aliphatic heterocycles. The molecule has 42 heavy (non-hydrogen) atoms. The molecule has 1 saturated heterocycles. The topological polar surface area (TPSA) is 126 Å². The molecule has 2 atom stereocenters. The molecule has 0 amide bonds. The van der Waals surface area contributed by atoms with Crippen LogP contribution in [0.3, 0.4) is 0 Å². The number of hydrogen-bond acceptors (Lipinski definition) is 10. The van der Waals surface area contributed by atoms with Crippen molar-refractivity contribution < 1.29 is 4.52 Å². The van der Waals surface area contributed by atoms with Gasteiger partial charge in [0.25, 0.3) is 0 Å². The van der Waals surface area contributed by atoms with Gasteiger partial charge in [0.15, 0.2) is 17.3 Å². The summed E-state index contributed by atoms with van der Waals surface area (Å²) in [7, 11) is 0. The summed E-state index contributed by atoms with van der Waals surface area (Å²) in [6.07, 6.45) is 12.1. The Morgan fingerprint density at radius 2 is 1.95 bits per heavy atom. The number of nitrogen functional groups attached to an aromatic ring is 1. The van der Waals surface area contributed by atoms with Crippen molar-refractivity contribution in [1.29, 1.82) is 5.26 Å². The summed E-state index contributed by atoms with van der Waals surface area (Å²) < 4.78 is 8.21. The number of nitrogens with zero attached hydrogens (tertiary/aromatic N) is 8. The van der Waals surface area contributed by atoms with Crippen LogP contribution in [0.15, 0.2) is 29.3 Å². The van der Waals surface area contributed by atoms with E-state index in [0.717, 1.165) is 93.1 Å². The van der Waals surface area contributed by atoms with Crippen LogP contribution in [0.25, 0.3) is 17.3 Å². The highest BCUT2D eigenvalue weighted by Crippen LogP contribution is 2.55. The van der Waals surface area contributed by atoms with Crippen LogP contribution in [0.5, 0.6) is 0 Å². The number of thiophene rings is 1. The largest absolute Gasteiger partial charge is 0.389 e. The third-order valence-electron chi connectivity index (χ3n) is 9.44. The third kappa shape index (κ3) is 4.31. The lowest BCUT2D eigenvalue weighted by Gasteiger charge is -2.39. The zero-order chi connectivity index (χ0) is 29.0. The molecule has 11 heteroatoms. The predicted molar refractivity (Wildman–Crippen MR) is 163 cm³/mol. The van der Waals surface area contributed by atoms with Gasteiger partial charge in [0.2, 0.25) is 0 Å². The average molecular weight is 584 g/mol. The molecule has 3 aliphatic rings. The van der Waals surface area contributed by atoms with E-state index in [0.29, 0.717) is 28.1 Å². The Morgan fingerprint density at radius 3 is 2.71 bits per heavy atom. The third-order valence-corrected chi connectivity index (χ3v) is 10.5. The first kappa shape index (κ1) is 27.1. The summed E-state index contributed by atoms with van der Waals surface area (Å²) in [4.78, 5) is 20.6. The van der Waals surface area contributed by atoms with Gasteiger partial charge in [0, 0.05) is 60.6 Å². The number of nitriles is 1. The van der Waals surface area contributed by atoms with Crippen LogP contribution in [0.1, 0.15) is 80.2 Å². The number of hydrogen-bond donors (Lipinski definition) is 1. The Balaban J connectivity index is 1.35. The molecular weight excluding hydrogens is 546 g/mol. The molecule has 0 radical (unpaired) electrons. The molecule has 5 heterocycles. The van der Waals surface area contributed by atoms with Gasteiger partial charge in [-0.15, -0.1) is 11.3 Å². The van der Waals surface area contributed by atoms with E-state index in [1.807, 2.05) is 10.8 Å². The number of fused-ring (bicyclic) bond motifs is 4. The number of rotatable bonds is 4. The average Bonchev–Trinajstić information content (AvgIpc) is 3.71. The van der Waals surface area contributed by atoms with E-state index in [9.17, 15) is 5.26 Å². The first-order valence-electron chi connectivity index (χ1n) is 15.1. The lowest BCUT2D eigenvalue weighted by molar-refractivity contribution is 0.224. The Bertz CT molecular complexity index is 1650. The highest BCUT2D eigenvalue weighted by Gasteiger charge is 2.48. The van der Waals surface area contributed by atoms with E-state index >= 15 is 0 Å². The Hall–Kier alpha value is -3.75. The van der Waals surface area contributed by atoms with Crippen molar-refractivity contribution in [3.63, 3.8) is 0 Å². The molecule has 1 spiro atoms. The molecule has 1 fully saturated rings. The monoisotopic (exact) mass is 583 g/mol. The van der Waals surface area contributed by atoms with Crippen LogP contribution in [-0.4, -0.2) is 61.3 Å². The first-order valence-corrected chi connectivity index (χ1v) is 15.9. The maximum Gasteiger partial charge on any atom is 0.186 e. The highest BCUT2D eigenvalue weighted by atomic mass is 32.1. The second-order valence-corrected chi connectivity index (χ2v) is 13.4. The molecule has 0 aromatic carbocycles. The summed E-state index contributed by atoms with van der Waals surface area (Å²) >= 11 is 1.56. The summed E-state index contributed by atoms with van der Waals surface area (Å²) in [6, 6.07) is 5.26. The van der Waals surface area contributed by atoms with Gasteiger partial charge in [0.1, 0.15) is 29.0 Å². The fourth-order valence-corrected chi connectivity index (χ4v) is 8.58. The SMILES string of the molecule is CC(C)N1CCCN(c2cc(-n3ccnc3)nc(-c3noc4c3CCC[C@@]43CCCc4sc(N)c(C#N)c43)n2)[C@@H](C)C1. The lowest BCUT2D eigenvalue weighted by atomic mass is 9.63. The fourth-order valence-electron chi connectivity index (χ4n) is 7.42. The van der Waals surface area contributed by atoms with Gasteiger partial charge in [-0.1, -0.05) is 5.16 Å². The van der Waals surface area contributed by atoms with Crippen molar-refractivity contribution >= 4 is 22.2 Å². The lowest BCUT2D eigenvalue weighted by Crippen LogP contribution is -2.41. The molecule has 2 aliphatic carbocycles. The summed E-state index contributed by atoms with van der Waals surface area (Å²) in [6.45, 7) is 9.78. The van der Waals surface area contributed by atoms with E-state index in [2.05, 4.69) is 52.8 Å². The van der Waals surface area contributed by atoms with Crippen LogP contribution >= 0.6 is 11.3 Å². The Kier molecular flexibility index (Phi) is 6.78. The molecule has 0 saturated carbocycles. The van der Waals surface area contributed by atoms with E-state index in [-0.39, 0.29) is 11.5 Å². The summed E-state index contributed by atoms with van der Waals surface area (Å²) in [5.41, 5.74) is 9.42. The molecule has 0 bridgehead atoms. The first-order chi connectivity index (χ1) is 20.4. The number of anilines is 2. The second-order valence-electron chi connectivity index (χ2n) is 12.2. The van der Waals surface area contributed by atoms with Crippen LogP contribution in [0.2, 0.25) is 0 Å².